The quantitative estimate of drug-likeness (QED) is 0.428. The van der Waals surface area contributed by atoms with E-state index in [1.165, 1.54) is 29.5 Å². The summed E-state index contributed by atoms with van der Waals surface area (Å²) in [5.74, 6) is 2.62. The Bertz CT molecular complexity index is 852. The van der Waals surface area contributed by atoms with Gasteiger partial charge in [-0.1, -0.05) is 18.2 Å². The number of benzene rings is 2. The van der Waals surface area contributed by atoms with Crippen molar-refractivity contribution in [3.8, 4) is 11.5 Å². The molecule has 1 aliphatic heterocycles. The van der Waals surface area contributed by atoms with Gasteiger partial charge >= 0.3 is 5.97 Å². The fourth-order valence-electron chi connectivity index (χ4n) is 4.23. The molecule has 2 aromatic carbocycles. The maximum atomic E-state index is 11.3. The first-order valence-corrected chi connectivity index (χ1v) is 11.1. The largest absolute Gasteiger partial charge is 0.496 e. The van der Waals surface area contributed by atoms with E-state index in [1.54, 1.807) is 18.9 Å². The van der Waals surface area contributed by atoms with Crippen LogP contribution in [0.25, 0.3) is 0 Å². The summed E-state index contributed by atoms with van der Waals surface area (Å²) in [6, 6.07) is 12.6. The predicted molar refractivity (Wildman–Crippen MR) is 113 cm³/mol. The van der Waals surface area contributed by atoms with Gasteiger partial charge in [0.1, 0.15) is 11.5 Å². The fourth-order valence-corrected chi connectivity index (χ4v) is 5.05. The minimum Gasteiger partial charge on any atom is -0.496 e. The summed E-state index contributed by atoms with van der Waals surface area (Å²) in [6.07, 6.45) is 5.79. The molecule has 0 aromatic heterocycles. The highest BCUT2D eigenvalue weighted by molar-refractivity contribution is 8.00. The minimum atomic E-state index is -0.158. The molecule has 0 bridgehead atoms. The number of carbonyl (C=O) groups excluding carboxylic acids is 1. The van der Waals surface area contributed by atoms with Crippen molar-refractivity contribution in [1.29, 1.82) is 0 Å². The van der Waals surface area contributed by atoms with E-state index < -0.39 is 0 Å². The van der Waals surface area contributed by atoms with Gasteiger partial charge in [-0.05, 0) is 86.0 Å². The van der Waals surface area contributed by atoms with Crippen LogP contribution in [0, 0.1) is 0 Å². The molecule has 2 aliphatic rings. The summed E-state index contributed by atoms with van der Waals surface area (Å²) in [6.45, 7) is 1.99. The van der Waals surface area contributed by atoms with Crippen LogP contribution in [-0.2, 0) is 17.6 Å². The molecular formula is C23H27NO3S. The van der Waals surface area contributed by atoms with Crippen LogP contribution in [0.5, 0.6) is 11.5 Å². The maximum Gasteiger partial charge on any atom is 0.321 e. The lowest BCUT2D eigenvalue weighted by Crippen LogP contribution is -2.22. The van der Waals surface area contributed by atoms with Crippen molar-refractivity contribution in [3.63, 3.8) is 0 Å². The highest BCUT2D eigenvalue weighted by atomic mass is 32.2. The smallest absolute Gasteiger partial charge is 0.321 e. The van der Waals surface area contributed by atoms with Gasteiger partial charge in [0.15, 0.2) is 0 Å². The molecule has 1 unspecified atom stereocenters. The highest BCUT2D eigenvalue weighted by Gasteiger charge is 2.22. The molecular weight excluding hydrogens is 370 g/mol. The number of hydrogen-bond acceptors (Lipinski definition) is 5. The summed E-state index contributed by atoms with van der Waals surface area (Å²) in [5, 5.41) is 3.60. The lowest BCUT2D eigenvalue weighted by Gasteiger charge is -2.27. The van der Waals surface area contributed by atoms with Gasteiger partial charge in [0.05, 0.1) is 17.8 Å². The second-order valence-corrected chi connectivity index (χ2v) is 8.47. The number of rotatable bonds is 7. The van der Waals surface area contributed by atoms with E-state index >= 15 is 0 Å². The van der Waals surface area contributed by atoms with Crippen LogP contribution in [0.2, 0.25) is 0 Å². The van der Waals surface area contributed by atoms with Gasteiger partial charge in [-0.3, -0.25) is 4.79 Å². The lowest BCUT2D eigenvalue weighted by molar-refractivity contribution is -0.131. The molecule has 4 nitrogen and oxygen atoms in total. The van der Waals surface area contributed by atoms with E-state index in [1.807, 2.05) is 6.07 Å². The zero-order valence-electron chi connectivity index (χ0n) is 16.3. The molecule has 1 heterocycles. The summed E-state index contributed by atoms with van der Waals surface area (Å²) in [5.41, 5.74) is 4.17. The van der Waals surface area contributed by atoms with Crippen LogP contribution >= 0.6 is 11.8 Å². The molecule has 1 aliphatic carbocycles. The highest BCUT2D eigenvalue weighted by Crippen LogP contribution is 2.38. The zero-order valence-corrected chi connectivity index (χ0v) is 17.1. The lowest BCUT2D eigenvalue weighted by atomic mass is 9.80. The molecule has 0 spiro atoms. The van der Waals surface area contributed by atoms with E-state index in [2.05, 4.69) is 35.6 Å². The van der Waals surface area contributed by atoms with E-state index in [0.29, 0.717) is 17.4 Å². The molecule has 5 heteroatoms. The van der Waals surface area contributed by atoms with Crippen LogP contribution in [0.4, 0.5) is 0 Å². The first-order valence-electron chi connectivity index (χ1n) is 10.1. The van der Waals surface area contributed by atoms with Crippen molar-refractivity contribution in [3.05, 3.63) is 53.1 Å². The maximum absolute atomic E-state index is 11.3. The van der Waals surface area contributed by atoms with Crippen molar-refractivity contribution in [2.24, 2.45) is 0 Å². The number of thioether (sulfide) groups is 1. The first-order chi connectivity index (χ1) is 13.7. The van der Waals surface area contributed by atoms with Crippen molar-refractivity contribution in [1.82, 2.24) is 5.32 Å². The Morgan fingerprint density at radius 1 is 1.25 bits per heavy atom. The predicted octanol–water partition coefficient (Wildman–Crippen LogP) is 4.35. The summed E-state index contributed by atoms with van der Waals surface area (Å²) in [4.78, 5) is 12.4. The number of hydrogen-bond donors (Lipinski definition) is 1. The fraction of sp³-hybridized carbons (Fsp3) is 0.435. The van der Waals surface area contributed by atoms with Gasteiger partial charge in [0, 0.05) is 0 Å². The van der Waals surface area contributed by atoms with Gasteiger partial charge in [0.25, 0.3) is 0 Å². The third-order valence-electron chi connectivity index (χ3n) is 5.65. The molecule has 1 atom stereocenters. The molecule has 0 saturated carbocycles. The summed E-state index contributed by atoms with van der Waals surface area (Å²) in [7, 11) is 1.77. The normalized spacial score (nSPS) is 18.2. The third-order valence-corrected chi connectivity index (χ3v) is 6.66. The molecule has 1 N–H and O–H groups in total. The van der Waals surface area contributed by atoms with E-state index in [9.17, 15) is 4.79 Å². The van der Waals surface area contributed by atoms with Crippen LogP contribution in [0.1, 0.15) is 41.9 Å². The number of ether oxygens (including phenoxy) is 2. The number of methoxy groups -OCH3 is 1. The average molecular weight is 398 g/mol. The third kappa shape index (κ3) is 4.36. The number of fused-ring (bicyclic) bond motifs is 2. The van der Waals surface area contributed by atoms with Crippen LogP contribution < -0.4 is 14.8 Å². The molecule has 0 amide bonds. The average Bonchev–Trinajstić information content (AvgIpc) is 2.73. The Kier molecular flexibility index (Phi) is 6.23. The molecule has 4 rings (SSSR count). The first kappa shape index (κ1) is 19.3. The second-order valence-electron chi connectivity index (χ2n) is 7.45. The van der Waals surface area contributed by atoms with E-state index in [4.69, 9.17) is 9.47 Å². The zero-order chi connectivity index (χ0) is 19.3. The Balaban J connectivity index is 1.26. The van der Waals surface area contributed by atoms with Crippen molar-refractivity contribution in [2.45, 2.75) is 42.9 Å². The van der Waals surface area contributed by atoms with Gasteiger partial charge in [-0.2, -0.15) is 0 Å². The molecule has 0 radical (unpaired) electrons. The molecule has 28 heavy (non-hydrogen) atoms. The van der Waals surface area contributed by atoms with Gasteiger partial charge < -0.3 is 14.8 Å². The standard InChI is InChI=1S/C23H27NO3S/c1-26-20-7-3-5-18-17(4-2-6-19(18)20)11-13-24-12-10-16-8-9-21-22(14-16)28-15-23(25)27-21/h3,5,7-9,14,17,24H,2,4,6,10-13,15H2,1H3. The second kappa shape index (κ2) is 9.01. The van der Waals surface area contributed by atoms with Crippen molar-refractivity contribution in [2.75, 3.05) is 26.0 Å². The molecule has 0 fully saturated rings. The van der Waals surface area contributed by atoms with E-state index in [0.717, 1.165) is 43.0 Å². The number of nitrogens with one attached hydrogen (secondary N) is 1. The SMILES string of the molecule is COc1cccc2c1CCCC2CCNCCc1ccc2c(c1)SCC(=O)O2. The Hall–Kier alpha value is -1.98. The molecule has 2 aromatic rings. The summed E-state index contributed by atoms with van der Waals surface area (Å²) < 4.78 is 10.8. The van der Waals surface area contributed by atoms with Gasteiger partial charge in [0.2, 0.25) is 0 Å². The van der Waals surface area contributed by atoms with Crippen molar-refractivity contribution >= 4 is 17.7 Å². The topological polar surface area (TPSA) is 47.6 Å². The summed E-state index contributed by atoms with van der Waals surface area (Å²) >= 11 is 1.56. The Morgan fingerprint density at radius 2 is 2.18 bits per heavy atom. The monoisotopic (exact) mass is 397 g/mol. The Morgan fingerprint density at radius 3 is 3.07 bits per heavy atom. The minimum absolute atomic E-state index is 0.158. The van der Waals surface area contributed by atoms with Crippen molar-refractivity contribution < 1.29 is 14.3 Å². The Labute approximate surface area is 171 Å². The molecule has 148 valence electrons. The van der Waals surface area contributed by atoms with Gasteiger partial charge in [-0.25, -0.2) is 0 Å². The number of esters is 1. The number of carbonyl (C=O) groups is 1. The molecule has 0 saturated heterocycles. The van der Waals surface area contributed by atoms with Crippen LogP contribution in [0.3, 0.4) is 0 Å². The van der Waals surface area contributed by atoms with E-state index in [-0.39, 0.29) is 5.97 Å². The van der Waals surface area contributed by atoms with Crippen LogP contribution in [-0.4, -0.2) is 31.9 Å². The van der Waals surface area contributed by atoms with Gasteiger partial charge in [-0.15, -0.1) is 11.8 Å². The van der Waals surface area contributed by atoms with Crippen LogP contribution in [0.15, 0.2) is 41.3 Å².